The lowest BCUT2D eigenvalue weighted by atomic mass is 10.2. The Kier molecular flexibility index (Phi) is 3.88. The highest BCUT2D eigenvalue weighted by Gasteiger charge is 2.13. The second kappa shape index (κ2) is 5.60. The number of carboxylic acid groups (broad SMARTS) is 1. The van der Waals surface area contributed by atoms with Crippen LogP contribution in [0.4, 0.5) is 0 Å². The molecule has 2 N–H and O–H groups in total. The monoisotopic (exact) mass is 277 g/mol. The van der Waals surface area contributed by atoms with Crippen LogP contribution in [0.5, 0.6) is 0 Å². The smallest absolute Gasteiger partial charge is 0.352 e. The van der Waals surface area contributed by atoms with Gasteiger partial charge in [-0.2, -0.15) is 0 Å². The van der Waals surface area contributed by atoms with Gasteiger partial charge in [-0.05, 0) is 26.0 Å². The summed E-state index contributed by atoms with van der Waals surface area (Å²) in [7, 11) is 0. The molecule has 0 fully saturated rings. The van der Waals surface area contributed by atoms with Crippen LogP contribution in [-0.4, -0.2) is 26.7 Å². The lowest BCUT2D eigenvalue weighted by Gasteiger charge is -2.07. The summed E-state index contributed by atoms with van der Waals surface area (Å²) in [6, 6.07) is 3.04. The van der Waals surface area contributed by atoms with E-state index >= 15 is 0 Å². The Balaban J connectivity index is 1.96. The first-order valence-corrected chi connectivity index (χ1v) is 6.06. The summed E-state index contributed by atoms with van der Waals surface area (Å²) < 4.78 is 6.38. The minimum absolute atomic E-state index is 0.0436. The largest absolute Gasteiger partial charge is 0.477 e. The molecular weight excluding hydrogens is 262 g/mol. The summed E-state index contributed by atoms with van der Waals surface area (Å²) in [5.74, 6) is -0.674. The van der Waals surface area contributed by atoms with E-state index in [0.29, 0.717) is 12.3 Å². The lowest BCUT2D eigenvalue weighted by molar-refractivity contribution is -0.121. The zero-order valence-corrected chi connectivity index (χ0v) is 11.2. The lowest BCUT2D eigenvalue weighted by Crippen LogP contribution is -2.28. The molecule has 0 saturated heterocycles. The fourth-order valence-corrected chi connectivity index (χ4v) is 1.90. The number of aryl methyl sites for hydroxylation is 2. The molecule has 0 atom stereocenters. The average molecular weight is 277 g/mol. The molecule has 0 aliphatic heterocycles. The minimum atomic E-state index is -1.06. The number of carbonyl (C=O) groups excluding carboxylic acids is 1. The van der Waals surface area contributed by atoms with E-state index in [0.717, 1.165) is 11.3 Å². The van der Waals surface area contributed by atoms with Crippen LogP contribution in [0.3, 0.4) is 0 Å². The van der Waals surface area contributed by atoms with Crippen molar-refractivity contribution in [3.8, 4) is 0 Å². The SMILES string of the molecule is Cc1noc(C)c1CNC(=O)Cn1cccc1C(=O)O. The van der Waals surface area contributed by atoms with Gasteiger partial charge in [0, 0.05) is 18.3 Å². The van der Waals surface area contributed by atoms with Crippen LogP contribution >= 0.6 is 0 Å². The molecule has 0 radical (unpaired) electrons. The van der Waals surface area contributed by atoms with E-state index in [2.05, 4.69) is 10.5 Å². The Morgan fingerprint density at radius 2 is 2.20 bits per heavy atom. The molecule has 0 bridgehead atoms. The van der Waals surface area contributed by atoms with Gasteiger partial charge in [0.05, 0.1) is 5.69 Å². The van der Waals surface area contributed by atoms with Gasteiger partial charge in [0.25, 0.3) is 0 Å². The molecule has 2 aromatic heterocycles. The highest BCUT2D eigenvalue weighted by Crippen LogP contribution is 2.11. The summed E-state index contributed by atoms with van der Waals surface area (Å²) in [5, 5.41) is 15.5. The quantitative estimate of drug-likeness (QED) is 0.853. The molecule has 0 unspecified atom stereocenters. The predicted molar refractivity (Wildman–Crippen MR) is 69.2 cm³/mol. The summed E-state index contributed by atoms with van der Waals surface area (Å²) in [6.45, 7) is 3.84. The van der Waals surface area contributed by atoms with E-state index in [1.807, 2.05) is 0 Å². The van der Waals surface area contributed by atoms with Crippen LogP contribution in [0.2, 0.25) is 0 Å². The van der Waals surface area contributed by atoms with Crippen LogP contribution in [0.1, 0.15) is 27.5 Å². The van der Waals surface area contributed by atoms with Gasteiger partial charge in [0.15, 0.2) is 0 Å². The highest BCUT2D eigenvalue weighted by molar-refractivity contribution is 5.86. The Morgan fingerprint density at radius 3 is 2.80 bits per heavy atom. The Bertz CT molecular complexity index is 622. The molecule has 0 aliphatic carbocycles. The van der Waals surface area contributed by atoms with Crippen molar-refractivity contribution in [1.82, 2.24) is 15.0 Å². The number of hydrogen-bond donors (Lipinski definition) is 2. The number of carbonyl (C=O) groups is 2. The number of nitrogens with one attached hydrogen (secondary N) is 1. The molecule has 106 valence electrons. The molecule has 2 rings (SSSR count). The second-order valence-electron chi connectivity index (χ2n) is 4.41. The van der Waals surface area contributed by atoms with Crippen LogP contribution < -0.4 is 5.32 Å². The summed E-state index contributed by atoms with van der Waals surface area (Å²) in [5.41, 5.74) is 1.65. The van der Waals surface area contributed by atoms with Crippen molar-refractivity contribution >= 4 is 11.9 Å². The van der Waals surface area contributed by atoms with Crippen molar-refractivity contribution < 1.29 is 19.2 Å². The topological polar surface area (TPSA) is 97.4 Å². The van der Waals surface area contributed by atoms with Gasteiger partial charge >= 0.3 is 5.97 Å². The first-order chi connectivity index (χ1) is 9.49. The number of aromatic carboxylic acids is 1. The second-order valence-corrected chi connectivity index (χ2v) is 4.41. The highest BCUT2D eigenvalue weighted by atomic mass is 16.5. The third kappa shape index (κ3) is 2.87. The first kappa shape index (κ1) is 13.9. The zero-order chi connectivity index (χ0) is 14.7. The maximum absolute atomic E-state index is 11.8. The third-order valence-electron chi connectivity index (χ3n) is 3.01. The van der Waals surface area contributed by atoms with Gasteiger partial charge in [-0.3, -0.25) is 4.79 Å². The number of rotatable bonds is 5. The maximum atomic E-state index is 11.8. The number of hydrogen-bond acceptors (Lipinski definition) is 4. The normalized spacial score (nSPS) is 10.5. The van der Waals surface area contributed by atoms with Gasteiger partial charge in [-0.25, -0.2) is 4.79 Å². The number of amides is 1. The maximum Gasteiger partial charge on any atom is 0.352 e. The molecule has 0 spiro atoms. The molecule has 2 heterocycles. The van der Waals surface area contributed by atoms with Crippen molar-refractivity contribution in [3.05, 3.63) is 41.0 Å². The molecule has 1 amide bonds. The van der Waals surface area contributed by atoms with E-state index < -0.39 is 5.97 Å². The van der Waals surface area contributed by atoms with Gasteiger partial charge in [0.1, 0.15) is 18.0 Å². The van der Waals surface area contributed by atoms with Gasteiger partial charge < -0.3 is 19.5 Å². The van der Waals surface area contributed by atoms with Gasteiger partial charge in [-0.15, -0.1) is 0 Å². The molecular formula is C13H15N3O4. The zero-order valence-electron chi connectivity index (χ0n) is 11.2. The molecule has 2 aromatic rings. The van der Waals surface area contributed by atoms with E-state index in [1.54, 1.807) is 26.1 Å². The van der Waals surface area contributed by atoms with Crippen molar-refractivity contribution in [2.45, 2.75) is 26.9 Å². The molecule has 7 nitrogen and oxygen atoms in total. The summed E-state index contributed by atoms with van der Waals surface area (Å²) >= 11 is 0. The minimum Gasteiger partial charge on any atom is -0.477 e. The Morgan fingerprint density at radius 1 is 1.45 bits per heavy atom. The third-order valence-corrected chi connectivity index (χ3v) is 3.01. The average Bonchev–Trinajstić information content (AvgIpc) is 2.95. The van der Waals surface area contributed by atoms with E-state index in [9.17, 15) is 9.59 Å². The molecule has 7 heteroatoms. The van der Waals surface area contributed by atoms with E-state index in [-0.39, 0.29) is 18.1 Å². The van der Waals surface area contributed by atoms with Crippen molar-refractivity contribution in [1.29, 1.82) is 0 Å². The standard InChI is InChI=1S/C13H15N3O4/c1-8-10(9(2)20-15-8)6-14-12(17)7-16-5-3-4-11(16)13(18)19/h3-5H,6-7H2,1-2H3,(H,14,17)(H,18,19). The number of carboxylic acids is 1. The molecule has 0 saturated carbocycles. The number of aromatic nitrogens is 2. The van der Waals surface area contributed by atoms with Gasteiger partial charge in [0.2, 0.25) is 5.91 Å². The van der Waals surface area contributed by atoms with Crippen LogP contribution in [0.25, 0.3) is 0 Å². The summed E-state index contributed by atoms with van der Waals surface area (Å²) in [6.07, 6.45) is 1.55. The van der Waals surface area contributed by atoms with E-state index in [4.69, 9.17) is 9.63 Å². The fourth-order valence-electron chi connectivity index (χ4n) is 1.90. The van der Waals surface area contributed by atoms with Crippen LogP contribution in [-0.2, 0) is 17.9 Å². The predicted octanol–water partition coefficient (Wildman–Crippen LogP) is 1.11. The van der Waals surface area contributed by atoms with Crippen molar-refractivity contribution in [2.75, 3.05) is 0 Å². The summed E-state index contributed by atoms with van der Waals surface area (Å²) in [4.78, 5) is 22.8. The fraction of sp³-hybridized carbons (Fsp3) is 0.308. The van der Waals surface area contributed by atoms with Crippen molar-refractivity contribution in [3.63, 3.8) is 0 Å². The number of nitrogens with zero attached hydrogens (tertiary/aromatic N) is 2. The van der Waals surface area contributed by atoms with Crippen molar-refractivity contribution in [2.24, 2.45) is 0 Å². The molecule has 0 aromatic carbocycles. The first-order valence-electron chi connectivity index (χ1n) is 6.06. The van der Waals surface area contributed by atoms with E-state index in [1.165, 1.54) is 10.6 Å². The van der Waals surface area contributed by atoms with Crippen LogP contribution in [0.15, 0.2) is 22.9 Å². The Hall–Kier alpha value is -2.57. The van der Waals surface area contributed by atoms with Gasteiger partial charge in [-0.1, -0.05) is 5.16 Å². The van der Waals surface area contributed by atoms with Crippen LogP contribution in [0, 0.1) is 13.8 Å². The molecule has 20 heavy (non-hydrogen) atoms. The molecule has 0 aliphatic rings. The Labute approximate surface area is 115 Å².